The van der Waals surface area contributed by atoms with Crippen molar-refractivity contribution in [2.45, 2.75) is 19.0 Å². The highest BCUT2D eigenvalue weighted by atomic mass is 32.2. The fraction of sp³-hybridized carbons (Fsp3) is 0.167. The lowest BCUT2D eigenvalue weighted by molar-refractivity contribution is 0.795. The highest BCUT2D eigenvalue weighted by molar-refractivity contribution is 7.99. The molecule has 0 spiro atoms. The van der Waals surface area contributed by atoms with Crippen molar-refractivity contribution in [3.8, 4) is 5.82 Å². The molecule has 4 nitrogen and oxygen atoms in total. The summed E-state index contributed by atoms with van der Waals surface area (Å²) in [4.78, 5) is 22.0. The topological polar surface area (TPSA) is 47.8 Å². The van der Waals surface area contributed by atoms with Crippen molar-refractivity contribution in [3.63, 3.8) is 0 Å². The van der Waals surface area contributed by atoms with Gasteiger partial charge in [0, 0.05) is 11.9 Å². The van der Waals surface area contributed by atoms with Crippen LogP contribution in [0.2, 0.25) is 0 Å². The maximum Gasteiger partial charge on any atom is 0.267 e. The number of para-hydroxylation sites is 1. The third-order valence-corrected chi connectivity index (χ3v) is 4.49. The molecule has 0 radical (unpaired) electrons. The summed E-state index contributed by atoms with van der Waals surface area (Å²) in [5.41, 5.74) is 2.67. The second kappa shape index (κ2) is 6.38. The third kappa shape index (κ3) is 3.19. The number of thioether (sulfide) groups is 1. The van der Waals surface area contributed by atoms with E-state index in [0.717, 1.165) is 11.1 Å². The predicted molar refractivity (Wildman–Crippen MR) is 95.4 cm³/mol. The molecule has 2 aromatic heterocycles. The Bertz CT molecular complexity index is 929. The molecule has 116 valence electrons. The van der Waals surface area contributed by atoms with Crippen LogP contribution in [0.4, 0.5) is 0 Å². The summed E-state index contributed by atoms with van der Waals surface area (Å²) in [7, 11) is 0. The molecule has 0 atom stereocenters. The maximum absolute atomic E-state index is 12.9. The maximum atomic E-state index is 12.9. The van der Waals surface area contributed by atoms with Gasteiger partial charge in [0.1, 0.15) is 5.82 Å². The van der Waals surface area contributed by atoms with E-state index < -0.39 is 0 Å². The van der Waals surface area contributed by atoms with Gasteiger partial charge in [0.2, 0.25) is 0 Å². The molecule has 0 bridgehead atoms. The van der Waals surface area contributed by atoms with Gasteiger partial charge in [0.05, 0.1) is 10.9 Å². The first-order chi connectivity index (χ1) is 11.1. The van der Waals surface area contributed by atoms with E-state index in [-0.39, 0.29) is 5.56 Å². The van der Waals surface area contributed by atoms with E-state index >= 15 is 0 Å². The van der Waals surface area contributed by atoms with Crippen molar-refractivity contribution in [1.82, 2.24) is 14.5 Å². The average molecular weight is 323 g/mol. The fourth-order valence-corrected chi connectivity index (χ4v) is 3.04. The van der Waals surface area contributed by atoms with Crippen LogP contribution in [-0.2, 0) is 0 Å². The number of nitrogens with zero attached hydrogens (tertiary/aromatic N) is 3. The number of aryl methyl sites for hydroxylation is 1. The zero-order chi connectivity index (χ0) is 16.4. The Hall–Kier alpha value is -2.40. The number of pyridine rings is 1. The third-order valence-electron chi connectivity index (χ3n) is 3.32. The lowest BCUT2D eigenvalue weighted by Gasteiger charge is -2.12. The molecule has 0 unspecified atom stereocenters. The molecule has 0 N–H and O–H groups in total. The molecule has 0 amide bonds. The van der Waals surface area contributed by atoms with Crippen LogP contribution >= 0.6 is 11.8 Å². The van der Waals surface area contributed by atoms with Crippen molar-refractivity contribution in [2.75, 3.05) is 5.75 Å². The average Bonchev–Trinajstić information content (AvgIpc) is 2.54. The molecule has 3 rings (SSSR count). The second-order valence-corrected chi connectivity index (χ2v) is 6.43. The monoisotopic (exact) mass is 323 g/mol. The van der Waals surface area contributed by atoms with Crippen LogP contribution in [0, 0.1) is 6.92 Å². The smallest absolute Gasteiger partial charge is 0.267 e. The summed E-state index contributed by atoms with van der Waals surface area (Å²) < 4.78 is 1.58. The van der Waals surface area contributed by atoms with Crippen LogP contribution < -0.4 is 5.56 Å². The standard InChI is InChI=1S/C18H17N3OS/c1-12(2)11-23-18-20-15-7-5-4-6-14(15)17(22)21(18)16-9-8-13(3)10-19-16/h4-10H,1,11H2,2-3H3. The minimum atomic E-state index is -0.101. The number of fused-ring (bicyclic) bond motifs is 1. The Morgan fingerprint density at radius 1 is 1.26 bits per heavy atom. The summed E-state index contributed by atoms with van der Waals surface area (Å²) in [6, 6.07) is 11.2. The van der Waals surface area contributed by atoms with Crippen molar-refractivity contribution >= 4 is 22.7 Å². The van der Waals surface area contributed by atoms with Gasteiger partial charge in [-0.2, -0.15) is 0 Å². The summed E-state index contributed by atoms with van der Waals surface area (Å²) in [5.74, 6) is 1.29. The molecule has 23 heavy (non-hydrogen) atoms. The zero-order valence-electron chi connectivity index (χ0n) is 13.1. The number of aromatic nitrogens is 3. The van der Waals surface area contributed by atoms with Gasteiger partial charge in [-0.3, -0.25) is 4.79 Å². The molecule has 5 heteroatoms. The Balaban J connectivity index is 2.25. The van der Waals surface area contributed by atoms with E-state index in [2.05, 4.69) is 16.5 Å². The highest BCUT2D eigenvalue weighted by Crippen LogP contribution is 2.22. The first-order valence-corrected chi connectivity index (χ1v) is 8.27. The van der Waals surface area contributed by atoms with Crippen LogP contribution in [0.3, 0.4) is 0 Å². The summed E-state index contributed by atoms with van der Waals surface area (Å²) in [5, 5.41) is 1.22. The van der Waals surface area contributed by atoms with E-state index in [0.29, 0.717) is 27.6 Å². The molecular weight excluding hydrogens is 306 g/mol. The van der Waals surface area contributed by atoms with Crippen LogP contribution in [0.25, 0.3) is 16.7 Å². The van der Waals surface area contributed by atoms with E-state index in [4.69, 9.17) is 0 Å². The SMILES string of the molecule is C=C(C)CSc1nc2ccccc2c(=O)n1-c1ccc(C)cn1. The molecule has 0 saturated carbocycles. The van der Waals surface area contributed by atoms with E-state index in [1.807, 2.05) is 44.2 Å². The van der Waals surface area contributed by atoms with Crippen LogP contribution in [0.1, 0.15) is 12.5 Å². The summed E-state index contributed by atoms with van der Waals surface area (Å²) in [6.07, 6.45) is 1.75. The minimum absolute atomic E-state index is 0.101. The largest absolute Gasteiger partial charge is 0.268 e. The number of rotatable bonds is 4. The first-order valence-electron chi connectivity index (χ1n) is 7.28. The van der Waals surface area contributed by atoms with Gasteiger partial charge >= 0.3 is 0 Å². The quantitative estimate of drug-likeness (QED) is 0.417. The lowest BCUT2D eigenvalue weighted by Crippen LogP contribution is -2.22. The number of benzene rings is 1. The van der Waals surface area contributed by atoms with Gasteiger partial charge in [-0.25, -0.2) is 14.5 Å². The van der Waals surface area contributed by atoms with Crippen molar-refractivity contribution in [3.05, 3.63) is 70.7 Å². The molecule has 0 aliphatic rings. The van der Waals surface area contributed by atoms with Gasteiger partial charge in [0.25, 0.3) is 5.56 Å². The van der Waals surface area contributed by atoms with Crippen LogP contribution in [0.5, 0.6) is 0 Å². The summed E-state index contributed by atoms with van der Waals surface area (Å²) in [6.45, 7) is 7.84. The van der Waals surface area contributed by atoms with Gasteiger partial charge in [0.15, 0.2) is 5.16 Å². The van der Waals surface area contributed by atoms with Gasteiger partial charge in [-0.15, -0.1) is 0 Å². The predicted octanol–water partition coefficient (Wildman–Crippen LogP) is 3.76. The zero-order valence-corrected chi connectivity index (χ0v) is 13.9. The fourth-order valence-electron chi connectivity index (χ4n) is 2.19. The highest BCUT2D eigenvalue weighted by Gasteiger charge is 2.13. The van der Waals surface area contributed by atoms with Crippen LogP contribution in [0.15, 0.2) is 64.7 Å². The minimum Gasteiger partial charge on any atom is -0.268 e. The molecule has 0 aliphatic heterocycles. The van der Waals surface area contributed by atoms with Crippen LogP contribution in [-0.4, -0.2) is 20.3 Å². The summed E-state index contributed by atoms with van der Waals surface area (Å²) >= 11 is 1.50. The van der Waals surface area contributed by atoms with Crippen molar-refractivity contribution < 1.29 is 0 Å². The first kappa shape index (κ1) is 15.5. The Morgan fingerprint density at radius 2 is 2.04 bits per heavy atom. The van der Waals surface area contributed by atoms with Gasteiger partial charge in [-0.1, -0.05) is 42.1 Å². The molecule has 0 saturated heterocycles. The second-order valence-electron chi connectivity index (χ2n) is 5.49. The molecule has 1 aromatic carbocycles. The van der Waals surface area contributed by atoms with Gasteiger partial charge < -0.3 is 0 Å². The molecular formula is C18H17N3OS. The van der Waals surface area contributed by atoms with E-state index in [1.165, 1.54) is 11.8 Å². The number of hydrogen-bond acceptors (Lipinski definition) is 4. The lowest BCUT2D eigenvalue weighted by atomic mass is 10.2. The molecule has 0 aliphatic carbocycles. The Kier molecular flexibility index (Phi) is 4.30. The number of hydrogen-bond donors (Lipinski definition) is 0. The molecule has 0 fully saturated rings. The Labute approximate surface area is 138 Å². The van der Waals surface area contributed by atoms with Crippen molar-refractivity contribution in [2.24, 2.45) is 0 Å². The Morgan fingerprint density at radius 3 is 2.74 bits per heavy atom. The van der Waals surface area contributed by atoms with Gasteiger partial charge in [-0.05, 0) is 37.6 Å². The van der Waals surface area contributed by atoms with E-state index in [1.54, 1.807) is 16.8 Å². The normalized spacial score (nSPS) is 10.9. The van der Waals surface area contributed by atoms with E-state index in [9.17, 15) is 4.79 Å². The molecule has 3 aromatic rings. The molecule has 2 heterocycles. The van der Waals surface area contributed by atoms with Crippen molar-refractivity contribution in [1.29, 1.82) is 0 Å².